The average Bonchev–Trinajstić information content (AvgIpc) is 2.46. The molecular weight excluding hydrogens is 264 g/mol. The monoisotopic (exact) mass is 292 g/mol. The maximum Gasteiger partial charge on any atom is 0.119 e. The molecule has 118 valence electrons. The minimum absolute atomic E-state index is 0.357. The zero-order valence-electron chi connectivity index (χ0n) is 13.5. The van der Waals surface area contributed by atoms with Crippen LogP contribution in [-0.2, 0) is 4.74 Å². The van der Waals surface area contributed by atoms with Crippen LogP contribution in [0.5, 0.6) is 5.75 Å². The van der Waals surface area contributed by atoms with Gasteiger partial charge in [0.1, 0.15) is 12.4 Å². The van der Waals surface area contributed by atoms with Crippen molar-refractivity contribution in [2.24, 2.45) is 5.73 Å². The van der Waals surface area contributed by atoms with E-state index < -0.39 is 0 Å². The van der Waals surface area contributed by atoms with Gasteiger partial charge in [-0.25, -0.2) is 0 Å². The third-order valence-corrected chi connectivity index (χ3v) is 4.24. The topological polar surface area (TPSA) is 47.7 Å². The van der Waals surface area contributed by atoms with E-state index in [9.17, 15) is 0 Å². The van der Waals surface area contributed by atoms with E-state index in [1.807, 2.05) is 0 Å². The van der Waals surface area contributed by atoms with E-state index in [0.29, 0.717) is 25.3 Å². The highest BCUT2D eigenvalue weighted by Gasteiger charge is 2.27. The van der Waals surface area contributed by atoms with Crippen LogP contribution in [0, 0.1) is 13.8 Å². The Morgan fingerprint density at radius 1 is 1.24 bits per heavy atom. The Hall–Kier alpha value is -1.10. The molecule has 2 N–H and O–H groups in total. The van der Waals surface area contributed by atoms with Crippen molar-refractivity contribution in [3.63, 3.8) is 0 Å². The maximum absolute atomic E-state index is 5.90. The summed E-state index contributed by atoms with van der Waals surface area (Å²) in [5.41, 5.74) is 8.38. The molecule has 0 amide bonds. The van der Waals surface area contributed by atoms with Crippen molar-refractivity contribution in [1.29, 1.82) is 0 Å². The van der Waals surface area contributed by atoms with Crippen molar-refractivity contribution in [1.82, 2.24) is 4.90 Å². The number of hydrogen-bond acceptors (Lipinski definition) is 4. The largest absolute Gasteiger partial charge is 0.492 e. The Bertz CT molecular complexity index is 430. The maximum atomic E-state index is 5.90. The van der Waals surface area contributed by atoms with Crippen LogP contribution in [-0.4, -0.2) is 50.4 Å². The fourth-order valence-corrected chi connectivity index (χ4v) is 3.11. The number of nitrogens with zero attached hydrogens (tertiary/aromatic N) is 1. The molecule has 1 aliphatic heterocycles. The van der Waals surface area contributed by atoms with Gasteiger partial charge in [0, 0.05) is 32.8 Å². The Balaban J connectivity index is 1.82. The number of aryl methyl sites for hydroxylation is 2. The Morgan fingerprint density at radius 3 is 2.57 bits per heavy atom. The van der Waals surface area contributed by atoms with E-state index in [4.69, 9.17) is 15.2 Å². The number of hydrogen-bond donors (Lipinski definition) is 1. The van der Waals surface area contributed by atoms with Gasteiger partial charge in [-0.2, -0.15) is 0 Å². The highest BCUT2D eigenvalue weighted by Crippen LogP contribution is 2.20. The second kappa shape index (κ2) is 7.78. The van der Waals surface area contributed by atoms with Crippen molar-refractivity contribution in [2.75, 3.05) is 33.4 Å². The molecule has 1 saturated heterocycles. The van der Waals surface area contributed by atoms with Crippen molar-refractivity contribution in [3.8, 4) is 5.75 Å². The SMILES string of the molecule is COC1CCN(CCOc2cc(C)cc(C)c2)C(CN)C1. The first kappa shape index (κ1) is 16.3. The summed E-state index contributed by atoms with van der Waals surface area (Å²) in [7, 11) is 1.79. The molecular formula is C17H28N2O2. The van der Waals surface area contributed by atoms with E-state index >= 15 is 0 Å². The molecule has 1 aliphatic rings. The zero-order valence-corrected chi connectivity index (χ0v) is 13.5. The number of rotatable bonds is 6. The molecule has 4 nitrogen and oxygen atoms in total. The molecule has 0 spiro atoms. The van der Waals surface area contributed by atoms with Crippen molar-refractivity contribution >= 4 is 0 Å². The highest BCUT2D eigenvalue weighted by molar-refractivity contribution is 5.32. The van der Waals surface area contributed by atoms with Gasteiger partial charge in [0.05, 0.1) is 6.10 Å². The summed E-state index contributed by atoms with van der Waals surface area (Å²) in [6, 6.07) is 6.74. The fraction of sp³-hybridized carbons (Fsp3) is 0.647. The van der Waals surface area contributed by atoms with Gasteiger partial charge in [-0.15, -0.1) is 0 Å². The molecule has 0 radical (unpaired) electrons. The van der Waals surface area contributed by atoms with E-state index in [-0.39, 0.29) is 0 Å². The van der Waals surface area contributed by atoms with Crippen molar-refractivity contribution in [3.05, 3.63) is 29.3 Å². The molecule has 1 aromatic carbocycles. The quantitative estimate of drug-likeness (QED) is 0.872. The second-order valence-electron chi connectivity index (χ2n) is 5.98. The first-order valence-electron chi connectivity index (χ1n) is 7.80. The van der Waals surface area contributed by atoms with E-state index in [2.05, 4.69) is 36.9 Å². The summed E-state index contributed by atoms with van der Waals surface area (Å²) in [5, 5.41) is 0. The molecule has 0 bridgehead atoms. The smallest absolute Gasteiger partial charge is 0.119 e. The van der Waals surface area contributed by atoms with Crippen LogP contribution in [0.2, 0.25) is 0 Å². The third-order valence-electron chi connectivity index (χ3n) is 4.24. The van der Waals surface area contributed by atoms with Gasteiger partial charge < -0.3 is 15.2 Å². The van der Waals surface area contributed by atoms with Crippen LogP contribution in [0.4, 0.5) is 0 Å². The molecule has 0 aromatic heterocycles. The predicted molar refractivity (Wildman–Crippen MR) is 85.9 cm³/mol. The predicted octanol–water partition coefficient (Wildman–Crippen LogP) is 2.12. The van der Waals surface area contributed by atoms with E-state index in [1.54, 1.807) is 7.11 Å². The minimum Gasteiger partial charge on any atom is -0.492 e. The second-order valence-corrected chi connectivity index (χ2v) is 5.98. The summed E-state index contributed by atoms with van der Waals surface area (Å²) >= 11 is 0. The summed E-state index contributed by atoms with van der Waals surface area (Å²) in [4.78, 5) is 2.43. The average molecular weight is 292 g/mol. The van der Waals surface area contributed by atoms with Crippen LogP contribution < -0.4 is 10.5 Å². The first-order valence-corrected chi connectivity index (χ1v) is 7.80. The molecule has 21 heavy (non-hydrogen) atoms. The molecule has 1 aromatic rings. The number of nitrogens with two attached hydrogens (primary N) is 1. The lowest BCUT2D eigenvalue weighted by Crippen LogP contribution is -2.49. The van der Waals surface area contributed by atoms with Crippen LogP contribution in [0.1, 0.15) is 24.0 Å². The number of methoxy groups -OCH3 is 1. The van der Waals surface area contributed by atoms with Crippen molar-refractivity contribution in [2.45, 2.75) is 38.8 Å². The van der Waals surface area contributed by atoms with Crippen LogP contribution >= 0.6 is 0 Å². The van der Waals surface area contributed by atoms with Gasteiger partial charge in [-0.3, -0.25) is 4.90 Å². The fourth-order valence-electron chi connectivity index (χ4n) is 3.11. The van der Waals surface area contributed by atoms with Crippen molar-refractivity contribution < 1.29 is 9.47 Å². The molecule has 1 heterocycles. The summed E-state index contributed by atoms with van der Waals surface area (Å²) in [6.07, 6.45) is 2.46. The Kier molecular flexibility index (Phi) is 6.03. The number of likely N-dealkylation sites (tertiary alicyclic amines) is 1. The lowest BCUT2D eigenvalue weighted by atomic mass is 9.99. The minimum atomic E-state index is 0.357. The summed E-state index contributed by atoms with van der Waals surface area (Å²) < 4.78 is 11.4. The molecule has 1 fully saturated rings. The Labute approximate surface area is 128 Å². The molecule has 2 atom stereocenters. The Morgan fingerprint density at radius 2 is 1.95 bits per heavy atom. The van der Waals surface area contributed by atoms with Gasteiger partial charge in [-0.05, 0) is 49.9 Å². The number of benzene rings is 1. The van der Waals surface area contributed by atoms with E-state index in [0.717, 1.165) is 31.7 Å². The van der Waals surface area contributed by atoms with Gasteiger partial charge in [0.15, 0.2) is 0 Å². The lowest BCUT2D eigenvalue weighted by molar-refractivity contribution is 0.00922. The molecule has 2 rings (SSSR count). The van der Waals surface area contributed by atoms with Crippen LogP contribution in [0.15, 0.2) is 18.2 Å². The van der Waals surface area contributed by atoms with Crippen LogP contribution in [0.25, 0.3) is 0 Å². The highest BCUT2D eigenvalue weighted by atomic mass is 16.5. The third kappa shape index (κ3) is 4.70. The standard InChI is InChI=1S/C17H28N2O2/c1-13-8-14(2)10-17(9-13)21-7-6-19-5-4-16(20-3)11-15(19)12-18/h8-10,15-16H,4-7,11-12,18H2,1-3H3. The van der Waals surface area contributed by atoms with E-state index in [1.165, 1.54) is 11.1 Å². The first-order chi connectivity index (χ1) is 10.1. The zero-order chi connectivity index (χ0) is 15.2. The lowest BCUT2D eigenvalue weighted by Gasteiger charge is -2.38. The molecule has 0 saturated carbocycles. The number of ether oxygens (including phenoxy) is 2. The number of piperidine rings is 1. The molecule has 2 unspecified atom stereocenters. The normalized spacial score (nSPS) is 23.2. The summed E-state index contributed by atoms with van der Waals surface area (Å²) in [5.74, 6) is 0.962. The van der Waals surface area contributed by atoms with Gasteiger partial charge in [0.25, 0.3) is 0 Å². The van der Waals surface area contributed by atoms with Gasteiger partial charge in [0.2, 0.25) is 0 Å². The van der Waals surface area contributed by atoms with Gasteiger partial charge >= 0.3 is 0 Å². The van der Waals surface area contributed by atoms with Crippen LogP contribution in [0.3, 0.4) is 0 Å². The molecule has 4 heteroatoms. The van der Waals surface area contributed by atoms with Gasteiger partial charge in [-0.1, -0.05) is 6.07 Å². The molecule has 0 aliphatic carbocycles. The summed E-state index contributed by atoms with van der Waals surface area (Å²) in [6.45, 7) is 7.54.